The maximum atomic E-state index is 15.4. The number of carbonyl (C=O) groups excluding carboxylic acids is 1. The molecule has 0 saturated carbocycles. The molecule has 1 saturated heterocycles. The first kappa shape index (κ1) is 27.4. The molecule has 1 heterocycles. The van der Waals surface area contributed by atoms with Crippen LogP contribution in [0.2, 0.25) is 0 Å². The third-order valence-electron chi connectivity index (χ3n) is 5.99. The summed E-state index contributed by atoms with van der Waals surface area (Å²) in [4.78, 5) is 14.8. The lowest BCUT2D eigenvalue weighted by atomic mass is 9.80. The molecule has 0 bridgehead atoms. The van der Waals surface area contributed by atoms with Crippen molar-refractivity contribution in [3.8, 4) is 0 Å². The number of ether oxygens (including phenoxy) is 2. The molecule has 0 unspecified atom stereocenters. The lowest BCUT2D eigenvalue weighted by Gasteiger charge is -2.25. The fourth-order valence-corrected chi connectivity index (χ4v) is 4.32. The highest BCUT2D eigenvalue weighted by atomic mass is 19.1. The minimum absolute atomic E-state index is 0.000842. The highest BCUT2D eigenvalue weighted by Crippen LogP contribution is 2.32. The van der Waals surface area contributed by atoms with E-state index in [9.17, 15) is 4.79 Å². The maximum absolute atomic E-state index is 15.4. The molecule has 0 amide bonds. The van der Waals surface area contributed by atoms with Crippen molar-refractivity contribution in [2.75, 3.05) is 26.3 Å². The van der Waals surface area contributed by atoms with E-state index >= 15 is 4.39 Å². The molecular weight excluding hydrogens is 431 g/mol. The number of allylic oxidation sites excluding steroid dienone is 2. The molecule has 2 rings (SSSR count). The van der Waals surface area contributed by atoms with E-state index in [2.05, 4.69) is 34.3 Å². The van der Waals surface area contributed by atoms with Crippen LogP contribution in [0.25, 0.3) is 0 Å². The number of benzene rings is 1. The Morgan fingerprint density at radius 3 is 2.38 bits per heavy atom. The number of carbonyl (C=O) groups is 1. The van der Waals surface area contributed by atoms with E-state index in [1.165, 1.54) is 17.2 Å². The minimum Gasteiger partial charge on any atom is -0.490 e. The molecule has 1 fully saturated rings. The number of halogens is 1. The number of rotatable bonds is 10. The zero-order chi connectivity index (χ0) is 25.6. The molecule has 1 N–H and O–H groups in total. The second-order valence-electron chi connectivity index (χ2n) is 9.42. The molecule has 0 aromatic heterocycles. The van der Waals surface area contributed by atoms with Gasteiger partial charge in [-0.15, -0.1) is 0 Å². The zero-order valence-corrected chi connectivity index (χ0v) is 21.7. The number of hydrogen-bond donors (Lipinski definition) is 1. The molecule has 0 spiro atoms. The van der Waals surface area contributed by atoms with E-state index in [0.29, 0.717) is 25.1 Å². The van der Waals surface area contributed by atoms with Crippen LogP contribution in [0.3, 0.4) is 0 Å². The van der Waals surface area contributed by atoms with Gasteiger partial charge in [-0.25, -0.2) is 4.39 Å². The largest absolute Gasteiger partial charge is 0.490 e. The lowest BCUT2D eigenvalue weighted by Crippen LogP contribution is -2.31. The fraction of sp³-hybridized carbons (Fsp3) is 0.500. The third-order valence-corrected chi connectivity index (χ3v) is 5.99. The highest BCUT2D eigenvalue weighted by Gasteiger charge is 2.31. The Balaban J connectivity index is 2.34. The van der Waals surface area contributed by atoms with Crippen LogP contribution in [-0.4, -0.2) is 42.8 Å². The van der Waals surface area contributed by atoms with Crippen molar-refractivity contribution in [2.24, 2.45) is 0 Å². The smallest absolute Gasteiger partial charge is 0.197 e. The van der Waals surface area contributed by atoms with Crippen LogP contribution >= 0.6 is 0 Å². The van der Waals surface area contributed by atoms with Gasteiger partial charge in [-0.1, -0.05) is 34.3 Å². The van der Waals surface area contributed by atoms with Crippen LogP contribution in [0, 0.1) is 12.3 Å². The van der Waals surface area contributed by atoms with Crippen LogP contribution in [0.5, 0.6) is 0 Å². The topological polar surface area (TPSA) is 62.6 Å². The van der Waals surface area contributed by atoms with Gasteiger partial charge in [0, 0.05) is 17.7 Å². The normalized spacial score (nSPS) is 16.4. The summed E-state index contributed by atoms with van der Waals surface area (Å²) in [5, 5.41) is 8.55. The Morgan fingerprint density at radius 1 is 1.21 bits per heavy atom. The van der Waals surface area contributed by atoms with Gasteiger partial charge in [0.1, 0.15) is 5.84 Å². The number of nitrogens with one attached hydrogen (secondary N) is 1. The van der Waals surface area contributed by atoms with E-state index in [-0.39, 0.29) is 47.3 Å². The van der Waals surface area contributed by atoms with E-state index in [0.717, 1.165) is 12.0 Å². The van der Waals surface area contributed by atoms with Crippen molar-refractivity contribution in [2.45, 2.75) is 66.7 Å². The van der Waals surface area contributed by atoms with Gasteiger partial charge in [-0.05, 0) is 73.9 Å². The zero-order valence-electron chi connectivity index (χ0n) is 21.7. The van der Waals surface area contributed by atoms with Gasteiger partial charge in [0.25, 0.3) is 0 Å². The second-order valence-corrected chi connectivity index (χ2v) is 9.42. The molecule has 1 aromatic carbocycles. The number of likely N-dealkylation sites (tertiary alicyclic amines) is 1. The average Bonchev–Trinajstić information content (AvgIpc) is 3.14. The number of amidine groups is 1. The molecule has 1 aromatic rings. The Hall–Kier alpha value is -2.89. The summed E-state index contributed by atoms with van der Waals surface area (Å²) in [5.41, 5.74) is 4.29. The molecule has 6 heteroatoms. The summed E-state index contributed by atoms with van der Waals surface area (Å²) < 4.78 is 26.4. The standard InChI is InChI=1S/C28H39FN2O3/c1-9-20-18(5)15-19(16-22(20)28(6,7)8)23(32)17-31-14-13-21(27(31)30)25(29)26(34-12-4)24(10-2)33-11-3/h10,15-16,30H,2,9,11-14,17H2,1,3-8H3/b25-21-,26-24-,30-27?. The Morgan fingerprint density at radius 2 is 1.85 bits per heavy atom. The summed E-state index contributed by atoms with van der Waals surface area (Å²) >= 11 is 0. The fourth-order valence-electron chi connectivity index (χ4n) is 4.32. The monoisotopic (exact) mass is 470 g/mol. The van der Waals surface area contributed by atoms with E-state index in [4.69, 9.17) is 14.9 Å². The molecule has 0 atom stereocenters. The van der Waals surface area contributed by atoms with Gasteiger partial charge in [0.2, 0.25) is 0 Å². The van der Waals surface area contributed by atoms with Gasteiger partial charge in [-0.3, -0.25) is 10.2 Å². The average molecular weight is 471 g/mol. The maximum Gasteiger partial charge on any atom is 0.197 e. The molecular formula is C28H39FN2O3. The van der Waals surface area contributed by atoms with Crippen molar-refractivity contribution in [3.05, 3.63) is 70.0 Å². The SMILES string of the molecule is C=C/C(OCC)=C(OCC)\C(F)=C1/CCN(CC(=O)c2cc(C)c(CC)c(C(C)(C)C)c2)C1=N. The molecule has 34 heavy (non-hydrogen) atoms. The van der Waals surface area contributed by atoms with Crippen molar-refractivity contribution >= 4 is 11.6 Å². The van der Waals surface area contributed by atoms with E-state index < -0.39 is 5.83 Å². The summed E-state index contributed by atoms with van der Waals surface area (Å²) in [6, 6.07) is 3.92. The van der Waals surface area contributed by atoms with Crippen LogP contribution in [0.1, 0.15) is 75.0 Å². The second kappa shape index (κ2) is 11.5. The summed E-state index contributed by atoms with van der Waals surface area (Å²) in [7, 11) is 0. The van der Waals surface area contributed by atoms with Gasteiger partial charge in [-0.2, -0.15) is 0 Å². The molecule has 1 aliphatic heterocycles. The van der Waals surface area contributed by atoms with Crippen molar-refractivity contribution < 1.29 is 18.7 Å². The van der Waals surface area contributed by atoms with Crippen molar-refractivity contribution in [1.29, 1.82) is 5.41 Å². The van der Waals surface area contributed by atoms with Crippen LogP contribution < -0.4 is 0 Å². The summed E-state index contributed by atoms with van der Waals surface area (Å²) in [6.07, 6.45) is 2.62. The first-order valence-corrected chi connectivity index (χ1v) is 12.0. The summed E-state index contributed by atoms with van der Waals surface area (Å²) in [6.45, 7) is 18.8. The summed E-state index contributed by atoms with van der Waals surface area (Å²) in [5.74, 6) is -0.556. The van der Waals surface area contributed by atoms with Gasteiger partial charge in [0.05, 0.1) is 19.8 Å². The van der Waals surface area contributed by atoms with Gasteiger partial charge >= 0.3 is 0 Å². The number of ketones is 1. The predicted octanol–water partition coefficient (Wildman–Crippen LogP) is 6.41. The highest BCUT2D eigenvalue weighted by molar-refractivity contribution is 6.04. The van der Waals surface area contributed by atoms with Crippen LogP contribution in [-0.2, 0) is 21.3 Å². The first-order valence-electron chi connectivity index (χ1n) is 12.0. The van der Waals surface area contributed by atoms with Crippen LogP contribution in [0.15, 0.2) is 47.7 Å². The molecule has 1 aliphatic rings. The lowest BCUT2D eigenvalue weighted by molar-refractivity contribution is 0.0965. The van der Waals surface area contributed by atoms with Crippen molar-refractivity contribution in [1.82, 2.24) is 4.90 Å². The number of aryl methyl sites for hydroxylation is 1. The quantitative estimate of drug-likeness (QED) is 0.244. The van der Waals surface area contributed by atoms with Gasteiger partial charge in [0.15, 0.2) is 23.1 Å². The predicted molar refractivity (Wildman–Crippen MR) is 136 cm³/mol. The van der Waals surface area contributed by atoms with E-state index in [1.54, 1.807) is 18.7 Å². The number of hydrogen-bond acceptors (Lipinski definition) is 4. The minimum atomic E-state index is -0.636. The van der Waals surface area contributed by atoms with Gasteiger partial charge < -0.3 is 14.4 Å². The Bertz CT molecular complexity index is 1020. The first-order chi connectivity index (χ1) is 16.0. The third kappa shape index (κ3) is 5.96. The van der Waals surface area contributed by atoms with Crippen LogP contribution in [0.4, 0.5) is 4.39 Å². The number of Topliss-reactive ketones (excluding diaryl/α,β-unsaturated/α-hetero) is 1. The number of nitrogens with zero attached hydrogens (tertiary/aromatic N) is 1. The Labute approximate surface area is 203 Å². The molecule has 5 nitrogen and oxygen atoms in total. The van der Waals surface area contributed by atoms with Crippen molar-refractivity contribution in [3.63, 3.8) is 0 Å². The molecule has 186 valence electrons. The molecule has 0 aliphatic carbocycles. The van der Waals surface area contributed by atoms with E-state index in [1.807, 2.05) is 19.1 Å². The molecule has 0 radical (unpaired) electrons. The Kier molecular flexibility index (Phi) is 9.25.